The molecule has 2 rings (SSSR count). The third-order valence-electron chi connectivity index (χ3n) is 2.62. The van der Waals surface area contributed by atoms with Crippen molar-refractivity contribution in [3.63, 3.8) is 0 Å². The van der Waals surface area contributed by atoms with Gasteiger partial charge in [-0.2, -0.15) is 5.10 Å². The molecule has 0 atom stereocenters. The van der Waals surface area contributed by atoms with E-state index in [-0.39, 0.29) is 16.4 Å². The molecule has 112 valence electrons. The van der Waals surface area contributed by atoms with Crippen LogP contribution in [0.1, 0.15) is 5.56 Å². The van der Waals surface area contributed by atoms with E-state index in [1.165, 1.54) is 17.9 Å². The van der Waals surface area contributed by atoms with Gasteiger partial charge >= 0.3 is 0 Å². The fraction of sp³-hybridized carbons (Fsp3) is 0.0909. The first-order chi connectivity index (χ1) is 9.72. The van der Waals surface area contributed by atoms with Crippen molar-refractivity contribution >= 4 is 33.0 Å². The van der Waals surface area contributed by atoms with Gasteiger partial charge in [-0.1, -0.05) is 12.2 Å². The zero-order valence-corrected chi connectivity index (χ0v) is 12.3. The Morgan fingerprint density at radius 1 is 1.43 bits per heavy atom. The summed E-state index contributed by atoms with van der Waals surface area (Å²) < 4.78 is 54.3. The largest absolute Gasteiger partial charge is 0.389 e. The second-order valence-electron chi connectivity index (χ2n) is 4.07. The normalized spacial score (nSPS) is 11.4. The summed E-state index contributed by atoms with van der Waals surface area (Å²) in [4.78, 5) is -0.905. The Morgan fingerprint density at radius 2 is 2.10 bits per heavy atom. The molecule has 0 bridgehead atoms. The Balaban J connectivity index is 2.50. The summed E-state index contributed by atoms with van der Waals surface area (Å²) in [7, 11) is -2.91. The van der Waals surface area contributed by atoms with Crippen LogP contribution < -0.4 is 10.5 Å². The third kappa shape index (κ3) is 3.00. The molecule has 1 aromatic carbocycles. The average molecular weight is 332 g/mol. The highest BCUT2D eigenvalue weighted by molar-refractivity contribution is 7.92. The van der Waals surface area contributed by atoms with Crippen LogP contribution in [0.5, 0.6) is 0 Å². The molecule has 1 heterocycles. The first kappa shape index (κ1) is 15.3. The number of nitrogens with one attached hydrogen (secondary N) is 1. The Labute approximate surface area is 124 Å². The number of nitrogens with two attached hydrogens (primary N) is 1. The van der Waals surface area contributed by atoms with Crippen LogP contribution in [-0.2, 0) is 17.1 Å². The van der Waals surface area contributed by atoms with Gasteiger partial charge in [0.2, 0.25) is 0 Å². The summed E-state index contributed by atoms with van der Waals surface area (Å²) in [5.41, 5.74) is 5.62. The molecule has 1 aromatic heterocycles. The lowest BCUT2D eigenvalue weighted by molar-refractivity contribution is 0.555. The number of hydrogen-bond acceptors (Lipinski definition) is 4. The van der Waals surface area contributed by atoms with Gasteiger partial charge in [0.15, 0.2) is 0 Å². The van der Waals surface area contributed by atoms with Crippen molar-refractivity contribution < 1.29 is 17.2 Å². The number of hydrogen-bond donors (Lipinski definition) is 2. The molecule has 0 aliphatic carbocycles. The number of aryl methyl sites for hydroxylation is 1. The summed E-state index contributed by atoms with van der Waals surface area (Å²) >= 11 is 4.77. The molecule has 21 heavy (non-hydrogen) atoms. The summed E-state index contributed by atoms with van der Waals surface area (Å²) in [6, 6.07) is 2.12. The number of benzene rings is 1. The molecule has 2 aromatic rings. The van der Waals surface area contributed by atoms with Crippen molar-refractivity contribution in [1.29, 1.82) is 0 Å². The van der Waals surface area contributed by atoms with Crippen LogP contribution in [0.3, 0.4) is 0 Å². The number of sulfonamides is 1. The molecule has 0 radical (unpaired) electrons. The molecular formula is C11H10F2N4O2S2. The molecule has 0 fully saturated rings. The molecule has 3 N–H and O–H groups in total. The maximum atomic E-state index is 13.6. The number of rotatable bonds is 4. The first-order valence-electron chi connectivity index (χ1n) is 5.52. The topological polar surface area (TPSA) is 90.0 Å². The van der Waals surface area contributed by atoms with E-state index in [0.717, 1.165) is 12.1 Å². The van der Waals surface area contributed by atoms with Crippen molar-refractivity contribution in [2.45, 2.75) is 4.90 Å². The standard InChI is InChI=1S/C11H10F2N4O2S2/c1-17-11(7(5-15-17)10(14)20)16-21(18,19)9-4-6(12)2-3-8(9)13/h2-5,16H,1H3,(H2,14,20). The van der Waals surface area contributed by atoms with Crippen molar-refractivity contribution in [3.05, 3.63) is 41.6 Å². The van der Waals surface area contributed by atoms with E-state index in [1.807, 2.05) is 0 Å². The average Bonchev–Trinajstić information content (AvgIpc) is 2.73. The lowest BCUT2D eigenvalue weighted by atomic mass is 10.3. The maximum absolute atomic E-state index is 13.6. The minimum Gasteiger partial charge on any atom is -0.389 e. The predicted molar refractivity (Wildman–Crippen MR) is 76.3 cm³/mol. The molecule has 0 aliphatic heterocycles. The van der Waals surface area contributed by atoms with Gasteiger partial charge in [-0.3, -0.25) is 9.40 Å². The number of aromatic nitrogens is 2. The molecule has 0 aliphatic rings. The van der Waals surface area contributed by atoms with Crippen LogP contribution in [0.25, 0.3) is 0 Å². The number of halogens is 2. The minimum atomic E-state index is -4.36. The van der Waals surface area contributed by atoms with Crippen LogP contribution in [0.15, 0.2) is 29.3 Å². The van der Waals surface area contributed by atoms with Gasteiger partial charge in [-0.25, -0.2) is 17.2 Å². The second kappa shape index (κ2) is 5.37. The molecule has 6 nitrogen and oxygen atoms in total. The Hall–Kier alpha value is -2.07. The SMILES string of the molecule is Cn1ncc(C(N)=S)c1NS(=O)(=O)c1cc(F)ccc1F. The Morgan fingerprint density at radius 3 is 2.71 bits per heavy atom. The fourth-order valence-corrected chi connectivity index (χ4v) is 2.95. The molecule has 0 spiro atoms. The van der Waals surface area contributed by atoms with E-state index >= 15 is 0 Å². The molecule has 0 saturated heterocycles. The maximum Gasteiger partial charge on any atom is 0.266 e. The lowest BCUT2D eigenvalue weighted by Gasteiger charge is -2.10. The third-order valence-corrected chi connectivity index (χ3v) is 4.19. The number of nitrogens with zero attached hydrogens (tertiary/aromatic N) is 2. The van der Waals surface area contributed by atoms with Gasteiger partial charge in [0.05, 0.1) is 11.8 Å². The molecular weight excluding hydrogens is 322 g/mol. The van der Waals surface area contributed by atoms with E-state index in [4.69, 9.17) is 18.0 Å². The monoisotopic (exact) mass is 332 g/mol. The zero-order valence-electron chi connectivity index (χ0n) is 10.7. The van der Waals surface area contributed by atoms with Crippen molar-refractivity contribution in [1.82, 2.24) is 9.78 Å². The quantitative estimate of drug-likeness (QED) is 0.819. The highest BCUT2D eigenvalue weighted by atomic mass is 32.2. The first-order valence-corrected chi connectivity index (χ1v) is 7.41. The van der Waals surface area contributed by atoms with Crippen LogP contribution in [-0.4, -0.2) is 23.2 Å². The van der Waals surface area contributed by atoms with E-state index in [9.17, 15) is 17.2 Å². The van der Waals surface area contributed by atoms with Gasteiger partial charge in [0, 0.05) is 7.05 Å². The lowest BCUT2D eigenvalue weighted by Crippen LogP contribution is -2.20. The van der Waals surface area contributed by atoms with Gasteiger partial charge in [-0.05, 0) is 18.2 Å². The van der Waals surface area contributed by atoms with Crippen LogP contribution >= 0.6 is 12.2 Å². The summed E-state index contributed by atoms with van der Waals surface area (Å²) in [6.45, 7) is 0. The van der Waals surface area contributed by atoms with E-state index < -0.39 is 26.6 Å². The van der Waals surface area contributed by atoms with Gasteiger partial charge < -0.3 is 5.73 Å². The summed E-state index contributed by atoms with van der Waals surface area (Å²) in [5, 5.41) is 3.81. The van der Waals surface area contributed by atoms with Crippen molar-refractivity contribution in [2.75, 3.05) is 4.72 Å². The smallest absolute Gasteiger partial charge is 0.266 e. The van der Waals surface area contributed by atoms with Gasteiger partial charge in [0.25, 0.3) is 10.0 Å². The molecule has 10 heteroatoms. The molecule has 0 unspecified atom stereocenters. The Bertz CT molecular complexity index is 818. The Kier molecular flexibility index (Phi) is 3.92. The van der Waals surface area contributed by atoms with Gasteiger partial charge in [-0.15, -0.1) is 0 Å². The van der Waals surface area contributed by atoms with E-state index in [0.29, 0.717) is 6.07 Å². The number of thiocarbonyl (C=S) groups is 1. The highest BCUT2D eigenvalue weighted by Gasteiger charge is 2.23. The minimum absolute atomic E-state index is 0.0360. The van der Waals surface area contributed by atoms with Crippen LogP contribution in [0.2, 0.25) is 0 Å². The summed E-state index contributed by atoms with van der Waals surface area (Å²) in [6.07, 6.45) is 1.27. The fourth-order valence-electron chi connectivity index (χ4n) is 1.60. The van der Waals surface area contributed by atoms with E-state index in [2.05, 4.69) is 9.82 Å². The number of anilines is 1. The van der Waals surface area contributed by atoms with Crippen LogP contribution in [0, 0.1) is 11.6 Å². The van der Waals surface area contributed by atoms with Crippen molar-refractivity contribution in [3.8, 4) is 0 Å². The zero-order chi connectivity index (χ0) is 15.8. The highest BCUT2D eigenvalue weighted by Crippen LogP contribution is 2.22. The van der Waals surface area contributed by atoms with Crippen molar-refractivity contribution in [2.24, 2.45) is 12.8 Å². The van der Waals surface area contributed by atoms with E-state index in [1.54, 1.807) is 0 Å². The second-order valence-corrected chi connectivity index (χ2v) is 6.17. The van der Waals surface area contributed by atoms with Gasteiger partial charge in [0.1, 0.15) is 27.3 Å². The molecule has 0 saturated carbocycles. The molecule has 0 amide bonds. The van der Waals surface area contributed by atoms with Crippen LogP contribution in [0.4, 0.5) is 14.6 Å². The summed E-state index contributed by atoms with van der Waals surface area (Å²) in [5.74, 6) is -1.99. The predicted octanol–water partition coefficient (Wildman–Crippen LogP) is 1.13.